The molecule has 128 valence electrons. The fourth-order valence-corrected chi connectivity index (χ4v) is 3.30. The number of esters is 1. The topological polar surface area (TPSA) is 77.3 Å². The third kappa shape index (κ3) is 3.72. The van der Waals surface area contributed by atoms with E-state index >= 15 is 0 Å². The number of aromatic nitrogens is 3. The van der Waals surface area contributed by atoms with Crippen molar-refractivity contribution < 1.29 is 14.3 Å². The van der Waals surface area contributed by atoms with E-state index in [9.17, 15) is 9.59 Å². The second kappa shape index (κ2) is 6.98. The maximum atomic E-state index is 12.2. The van der Waals surface area contributed by atoms with Crippen LogP contribution < -0.4 is 0 Å². The molecule has 0 bridgehead atoms. The van der Waals surface area contributed by atoms with E-state index in [4.69, 9.17) is 4.74 Å². The Bertz CT molecular complexity index is 732. The van der Waals surface area contributed by atoms with Crippen molar-refractivity contribution in [3.8, 4) is 0 Å². The van der Waals surface area contributed by atoms with Gasteiger partial charge in [0, 0.05) is 13.1 Å². The first-order valence-electron chi connectivity index (χ1n) is 8.24. The zero-order valence-electron chi connectivity index (χ0n) is 14.0. The highest BCUT2D eigenvalue weighted by molar-refractivity contribution is 5.81. The number of nitrogens with zero attached hydrogens (tertiary/aromatic N) is 4. The lowest BCUT2D eigenvalue weighted by atomic mass is 9.92. The predicted molar refractivity (Wildman–Crippen MR) is 88.0 cm³/mol. The minimum absolute atomic E-state index is 0.0550. The Kier molecular flexibility index (Phi) is 4.78. The second-order valence-corrected chi connectivity index (χ2v) is 6.64. The summed E-state index contributed by atoms with van der Waals surface area (Å²) in [5.41, 5.74) is 1.48. The largest absolute Gasteiger partial charge is 0.454 e. The summed E-state index contributed by atoms with van der Waals surface area (Å²) in [6.45, 7) is 5.46. The van der Waals surface area contributed by atoms with Gasteiger partial charge in [0.25, 0.3) is 5.91 Å². The Labute approximate surface area is 140 Å². The van der Waals surface area contributed by atoms with E-state index in [0.29, 0.717) is 11.8 Å². The number of amides is 1. The number of ether oxygens (including phenoxy) is 1. The number of piperidine rings is 1. The number of rotatable bonds is 4. The molecule has 2 heterocycles. The van der Waals surface area contributed by atoms with Crippen LogP contribution in [0.5, 0.6) is 0 Å². The summed E-state index contributed by atoms with van der Waals surface area (Å²) < 4.78 is 6.61. The van der Waals surface area contributed by atoms with Crippen LogP contribution >= 0.6 is 0 Å². The Morgan fingerprint density at radius 2 is 1.92 bits per heavy atom. The molecule has 1 aromatic carbocycles. The molecule has 1 aliphatic rings. The second-order valence-electron chi connectivity index (χ2n) is 6.64. The van der Waals surface area contributed by atoms with Crippen molar-refractivity contribution in [2.24, 2.45) is 11.8 Å². The first-order valence-corrected chi connectivity index (χ1v) is 8.24. The van der Waals surface area contributed by atoms with Gasteiger partial charge >= 0.3 is 5.97 Å². The van der Waals surface area contributed by atoms with Crippen LogP contribution in [0.2, 0.25) is 0 Å². The summed E-state index contributed by atoms with van der Waals surface area (Å²) in [6, 6.07) is 7.38. The molecule has 1 saturated heterocycles. The maximum Gasteiger partial charge on any atom is 0.328 e. The third-order valence-corrected chi connectivity index (χ3v) is 4.28. The quantitative estimate of drug-likeness (QED) is 0.794. The number of carbonyl (C=O) groups is 2. The molecule has 24 heavy (non-hydrogen) atoms. The molecular weight excluding hydrogens is 308 g/mol. The van der Waals surface area contributed by atoms with Crippen LogP contribution in [0.25, 0.3) is 11.0 Å². The van der Waals surface area contributed by atoms with Gasteiger partial charge in [-0.15, -0.1) is 5.10 Å². The predicted octanol–water partition coefficient (Wildman–Crippen LogP) is 1.48. The lowest BCUT2D eigenvalue weighted by molar-refractivity contribution is -0.153. The normalized spacial score (nSPS) is 21.0. The molecule has 7 heteroatoms. The average molecular weight is 330 g/mol. The van der Waals surface area contributed by atoms with Crippen LogP contribution in [0.4, 0.5) is 0 Å². The van der Waals surface area contributed by atoms with Gasteiger partial charge in [0.15, 0.2) is 6.61 Å². The number of carbonyl (C=O) groups excluding carboxylic acids is 2. The maximum absolute atomic E-state index is 12.2. The Balaban J connectivity index is 1.53. The van der Waals surface area contributed by atoms with Crippen LogP contribution in [0.3, 0.4) is 0 Å². The Morgan fingerprint density at radius 3 is 2.67 bits per heavy atom. The summed E-state index contributed by atoms with van der Waals surface area (Å²) >= 11 is 0. The average Bonchev–Trinajstić information content (AvgIpc) is 2.95. The number of benzene rings is 1. The van der Waals surface area contributed by atoms with Gasteiger partial charge < -0.3 is 9.64 Å². The van der Waals surface area contributed by atoms with Crippen LogP contribution in [0, 0.1) is 11.8 Å². The SMILES string of the molecule is CC1CC(C)CN(C(=O)COC(=O)Cn2nnc3ccccc32)C1. The lowest BCUT2D eigenvalue weighted by Crippen LogP contribution is -2.44. The summed E-state index contributed by atoms with van der Waals surface area (Å²) in [5.74, 6) is 0.340. The highest BCUT2D eigenvalue weighted by Crippen LogP contribution is 2.20. The van der Waals surface area contributed by atoms with E-state index in [2.05, 4.69) is 24.2 Å². The van der Waals surface area contributed by atoms with Crippen molar-refractivity contribution in [1.29, 1.82) is 0 Å². The molecular formula is C17H22N4O3. The molecule has 2 unspecified atom stereocenters. The van der Waals surface area contributed by atoms with Crippen molar-refractivity contribution in [3.63, 3.8) is 0 Å². The lowest BCUT2D eigenvalue weighted by Gasteiger charge is -2.34. The number of fused-ring (bicyclic) bond motifs is 1. The molecule has 2 atom stereocenters. The van der Waals surface area contributed by atoms with Gasteiger partial charge in [-0.2, -0.15) is 0 Å². The van der Waals surface area contributed by atoms with E-state index in [1.54, 1.807) is 4.90 Å². The summed E-state index contributed by atoms with van der Waals surface area (Å²) in [7, 11) is 0. The molecule has 7 nitrogen and oxygen atoms in total. The zero-order chi connectivity index (χ0) is 17.1. The van der Waals surface area contributed by atoms with E-state index in [1.165, 1.54) is 4.68 Å². The molecule has 0 saturated carbocycles. The molecule has 3 rings (SSSR count). The van der Waals surface area contributed by atoms with Gasteiger partial charge in [0.1, 0.15) is 12.1 Å². The van der Waals surface area contributed by atoms with E-state index in [0.717, 1.165) is 30.5 Å². The molecule has 2 aromatic rings. The Morgan fingerprint density at radius 1 is 1.21 bits per heavy atom. The van der Waals surface area contributed by atoms with Crippen molar-refractivity contribution in [2.75, 3.05) is 19.7 Å². The first-order chi connectivity index (χ1) is 11.5. The van der Waals surface area contributed by atoms with Gasteiger partial charge in [0.05, 0.1) is 5.52 Å². The summed E-state index contributed by atoms with van der Waals surface area (Å²) in [5, 5.41) is 7.93. The smallest absolute Gasteiger partial charge is 0.328 e. The molecule has 1 aromatic heterocycles. The number of likely N-dealkylation sites (tertiary alicyclic amines) is 1. The van der Waals surface area contributed by atoms with Crippen molar-refractivity contribution in [1.82, 2.24) is 19.9 Å². The van der Waals surface area contributed by atoms with Crippen LogP contribution in [0.15, 0.2) is 24.3 Å². The fraction of sp³-hybridized carbons (Fsp3) is 0.529. The van der Waals surface area contributed by atoms with Crippen molar-refractivity contribution >= 4 is 22.9 Å². The molecule has 0 spiro atoms. The van der Waals surface area contributed by atoms with Gasteiger partial charge in [-0.05, 0) is 30.4 Å². The highest BCUT2D eigenvalue weighted by atomic mass is 16.5. The third-order valence-electron chi connectivity index (χ3n) is 4.28. The fourth-order valence-electron chi connectivity index (χ4n) is 3.30. The monoisotopic (exact) mass is 330 g/mol. The molecule has 0 aliphatic carbocycles. The number of para-hydroxylation sites is 1. The van der Waals surface area contributed by atoms with Crippen molar-refractivity contribution in [2.45, 2.75) is 26.8 Å². The van der Waals surface area contributed by atoms with Gasteiger partial charge in [0.2, 0.25) is 0 Å². The van der Waals surface area contributed by atoms with E-state index in [-0.39, 0.29) is 19.1 Å². The summed E-state index contributed by atoms with van der Waals surface area (Å²) in [6.07, 6.45) is 1.13. The number of hydrogen-bond acceptors (Lipinski definition) is 5. The molecule has 1 aliphatic heterocycles. The molecule has 1 fully saturated rings. The van der Waals surface area contributed by atoms with E-state index < -0.39 is 5.97 Å². The van der Waals surface area contributed by atoms with Crippen LogP contribution in [-0.2, 0) is 20.9 Å². The molecule has 0 radical (unpaired) electrons. The van der Waals surface area contributed by atoms with Crippen molar-refractivity contribution in [3.05, 3.63) is 24.3 Å². The van der Waals surface area contributed by atoms with E-state index in [1.807, 2.05) is 24.3 Å². The molecule has 1 amide bonds. The summed E-state index contributed by atoms with van der Waals surface area (Å²) in [4.78, 5) is 26.0. The van der Waals surface area contributed by atoms with Crippen LogP contribution in [-0.4, -0.2) is 51.5 Å². The zero-order valence-corrected chi connectivity index (χ0v) is 14.0. The van der Waals surface area contributed by atoms with Gasteiger partial charge in [-0.3, -0.25) is 9.59 Å². The van der Waals surface area contributed by atoms with Gasteiger partial charge in [-0.25, -0.2) is 4.68 Å². The minimum Gasteiger partial charge on any atom is -0.454 e. The highest BCUT2D eigenvalue weighted by Gasteiger charge is 2.26. The first kappa shape index (κ1) is 16.4. The minimum atomic E-state index is -0.489. The van der Waals surface area contributed by atoms with Crippen LogP contribution in [0.1, 0.15) is 20.3 Å². The van der Waals surface area contributed by atoms with Gasteiger partial charge in [-0.1, -0.05) is 31.2 Å². The standard InChI is InChI=1S/C17H22N4O3/c1-12-7-13(2)9-20(8-12)16(22)11-24-17(23)10-21-15-6-4-3-5-14(15)18-19-21/h3-6,12-13H,7-11H2,1-2H3. The Hall–Kier alpha value is -2.44. The molecule has 0 N–H and O–H groups in total. The number of hydrogen-bond donors (Lipinski definition) is 0.